The third kappa shape index (κ3) is 3.38. The van der Waals surface area contributed by atoms with Crippen LogP contribution < -0.4 is 11.2 Å². The zero-order valence-electron chi connectivity index (χ0n) is 18.4. The van der Waals surface area contributed by atoms with Gasteiger partial charge in [0.05, 0.1) is 23.3 Å². The molecule has 0 unspecified atom stereocenters. The number of hydrogen-bond acceptors (Lipinski definition) is 2. The predicted molar refractivity (Wildman–Crippen MR) is 130 cm³/mol. The monoisotopic (exact) mass is 461 g/mol. The lowest BCUT2D eigenvalue weighted by molar-refractivity contribution is 0.626. The molecule has 5 nitrogen and oxygen atoms in total. The van der Waals surface area contributed by atoms with Gasteiger partial charge in [-0.1, -0.05) is 41.4 Å². The van der Waals surface area contributed by atoms with Gasteiger partial charge in [0.2, 0.25) is 0 Å². The molecule has 0 amide bonds. The van der Waals surface area contributed by atoms with Crippen LogP contribution in [0.15, 0.2) is 70.3 Å². The number of nitrogens with zero attached hydrogens (tertiary/aromatic N) is 3. The Morgan fingerprint density at radius 3 is 2.39 bits per heavy atom. The molecule has 0 aliphatic heterocycles. The standard InChI is InChI=1S/C26H21ClFN3O2/c1-15-5-4-6-19(11-15)31-25(32)24-23(20-12-16(2)7-10-22(20)29(24)3)30(26(31)33)14-17-8-9-18(28)13-21(17)27/h4-13H,14H2,1-3H3. The quantitative estimate of drug-likeness (QED) is 0.375. The topological polar surface area (TPSA) is 48.9 Å². The molecule has 166 valence electrons. The van der Waals surface area contributed by atoms with Crippen molar-refractivity contribution in [3.63, 3.8) is 0 Å². The van der Waals surface area contributed by atoms with Crippen LogP contribution in [0.4, 0.5) is 4.39 Å². The smallest absolute Gasteiger partial charge is 0.336 e. The minimum absolute atomic E-state index is 0.0909. The van der Waals surface area contributed by atoms with Gasteiger partial charge < -0.3 is 4.57 Å². The first-order chi connectivity index (χ1) is 15.8. The number of aryl methyl sites for hydroxylation is 3. The molecule has 0 aliphatic carbocycles. The van der Waals surface area contributed by atoms with E-state index < -0.39 is 17.1 Å². The summed E-state index contributed by atoms with van der Waals surface area (Å²) in [6.45, 7) is 3.96. The highest BCUT2D eigenvalue weighted by Gasteiger charge is 2.22. The highest BCUT2D eigenvalue weighted by atomic mass is 35.5. The van der Waals surface area contributed by atoms with E-state index in [0.717, 1.165) is 22.0 Å². The Bertz CT molecular complexity index is 1690. The Kier molecular flexibility index (Phi) is 4.98. The second-order valence-electron chi connectivity index (χ2n) is 8.36. The van der Waals surface area contributed by atoms with Crippen molar-refractivity contribution in [2.75, 3.05) is 0 Å². The molecule has 7 heteroatoms. The third-order valence-corrected chi connectivity index (χ3v) is 6.38. The molecule has 0 aliphatic rings. The van der Waals surface area contributed by atoms with Gasteiger partial charge in [-0.3, -0.25) is 9.36 Å². The van der Waals surface area contributed by atoms with Crippen LogP contribution >= 0.6 is 11.6 Å². The van der Waals surface area contributed by atoms with Crippen molar-refractivity contribution >= 4 is 33.5 Å². The molecule has 0 saturated carbocycles. The molecular formula is C26H21ClFN3O2. The van der Waals surface area contributed by atoms with Crippen molar-refractivity contribution in [1.82, 2.24) is 13.7 Å². The predicted octanol–water partition coefficient (Wildman–Crippen LogP) is 5.10. The number of benzene rings is 3. The third-order valence-electron chi connectivity index (χ3n) is 6.03. The van der Waals surface area contributed by atoms with E-state index >= 15 is 0 Å². The lowest BCUT2D eigenvalue weighted by atomic mass is 10.1. The summed E-state index contributed by atoms with van der Waals surface area (Å²) in [6.07, 6.45) is 0. The maximum Gasteiger partial charge on any atom is 0.336 e. The van der Waals surface area contributed by atoms with Crippen molar-refractivity contribution in [2.24, 2.45) is 7.05 Å². The van der Waals surface area contributed by atoms with Crippen molar-refractivity contribution in [3.8, 4) is 5.69 Å². The molecule has 0 bridgehead atoms. The Hall–Kier alpha value is -3.64. The maximum atomic E-state index is 13.8. The first-order valence-corrected chi connectivity index (χ1v) is 10.9. The summed E-state index contributed by atoms with van der Waals surface area (Å²) >= 11 is 6.31. The zero-order chi connectivity index (χ0) is 23.4. The van der Waals surface area contributed by atoms with Crippen LogP contribution in [0.2, 0.25) is 5.02 Å². The molecule has 3 aromatic carbocycles. The number of fused-ring (bicyclic) bond motifs is 3. The summed E-state index contributed by atoms with van der Waals surface area (Å²) in [5.41, 5.74) is 3.94. The number of aromatic nitrogens is 3. The zero-order valence-corrected chi connectivity index (χ0v) is 19.2. The van der Waals surface area contributed by atoms with Gasteiger partial charge in [-0.05, 0) is 61.4 Å². The molecule has 0 spiro atoms. The average Bonchev–Trinajstić information content (AvgIpc) is 3.04. The Morgan fingerprint density at radius 1 is 0.909 bits per heavy atom. The first-order valence-electron chi connectivity index (χ1n) is 10.5. The molecule has 5 rings (SSSR count). The summed E-state index contributed by atoms with van der Waals surface area (Å²) in [6, 6.07) is 17.2. The van der Waals surface area contributed by atoms with E-state index in [1.807, 2.05) is 55.8 Å². The fourth-order valence-corrected chi connectivity index (χ4v) is 4.65. The van der Waals surface area contributed by atoms with Crippen LogP contribution in [0.25, 0.3) is 27.6 Å². The van der Waals surface area contributed by atoms with E-state index in [2.05, 4.69) is 0 Å². The van der Waals surface area contributed by atoms with Crippen LogP contribution in [0.3, 0.4) is 0 Å². The Morgan fingerprint density at radius 2 is 1.67 bits per heavy atom. The van der Waals surface area contributed by atoms with E-state index in [9.17, 15) is 14.0 Å². The summed E-state index contributed by atoms with van der Waals surface area (Å²) in [7, 11) is 1.82. The van der Waals surface area contributed by atoms with E-state index in [0.29, 0.717) is 22.3 Å². The Balaban J connectivity index is 1.95. The molecule has 0 N–H and O–H groups in total. The molecular weight excluding hydrogens is 441 g/mol. The SMILES string of the molecule is Cc1cccc(-n2c(=O)c3c(c4cc(C)ccc4n3C)n(Cc3ccc(F)cc3Cl)c2=O)c1. The highest BCUT2D eigenvalue weighted by Crippen LogP contribution is 2.28. The summed E-state index contributed by atoms with van der Waals surface area (Å²) in [5.74, 6) is -0.452. The van der Waals surface area contributed by atoms with Crippen molar-refractivity contribution < 1.29 is 4.39 Å². The van der Waals surface area contributed by atoms with Crippen molar-refractivity contribution in [3.05, 3.63) is 109 Å². The van der Waals surface area contributed by atoms with Crippen LogP contribution in [0.5, 0.6) is 0 Å². The number of rotatable bonds is 3. The maximum absolute atomic E-state index is 13.8. The average molecular weight is 462 g/mol. The first kappa shape index (κ1) is 21.2. The summed E-state index contributed by atoms with van der Waals surface area (Å²) in [4.78, 5) is 27.5. The molecule has 0 atom stereocenters. The molecule has 0 fully saturated rings. The molecule has 2 heterocycles. The van der Waals surface area contributed by atoms with Crippen molar-refractivity contribution in [2.45, 2.75) is 20.4 Å². The fourth-order valence-electron chi connectivity index (χ4n) is 4.43. The summed E-state index contributed by atoms with van der Waals surface area (Å²) in [5, 5.41) is 1.02. The van der Waals surface area contributed by atoms with Gasteiger partial charge in [-0.2, -0.15) is 0 Å². The van der Waals surface area contributed by atoms with Gasteiger partial charge in [0.1, 0.15) is 11.3 Å². The summed E-state index contributed by atoms with van der Waals surface area (Å²) < 4.78 is 18.2. The highest BCUT2D eigenvalue weighted by molar-refractivity contribution is 6.31. The Labute approximate surface area is 193 Å². The van der Waals surface area contributed by atoms with Gasteiger partial charge in [0.25, 0.3) is 5.56 Å². The van der Waals surface area contributed by atoms with E-state index in [1.165, 1.54) is 16.7 Å². The second kappa shape index (κ2) is 7.74. The number of hydrogen-bond donors (Lipinski definition) is 0. The van der Waals surface area contributed by atoms with E-state index in [-0.39, 0.29) is 11.6 Å². The molecule has 0 saturated heterocycles. The minimum Gasteiger partial charge on any atom is -0.338 e. The van der Waals surface area contributed by atoms with Crippen molar-refractivity contribution in [1.29, 1.82) is 0 Å². The van der Waals surface area contributed by atoms with Gasteiger partial charge in [0, 0.05) is 17.5 Å². The molecule has 2 aromatic heterocycles. The fraction of sp³-hybridized carbons (Fsp3) is 0.154. The second-order valence-corrected chi connectivity index (χ2v) is 8.77. The lowest BCUT2D eigenvalue weighted by Gasteiger charge is -2.14. The van der Waals surface area contributed by atoms with E-state index in [1.54, 1.807) is 22.8 Å². The normalized spacial score (nSPS) is 11.5. The van der Waals surface area contributed by atoms with E-state index in [4.69, 9.17) is 11.6 Å². The van der Waals surface area contributed by atoms with Crippen LogP contribution in [0, 0.1) is 19.7 Å². The number of halogens is 2. The largest absolute Gasteiger partial charge is 0.338 e. The van der Waals surface area contributed by atoms with Crippen LogP contribution in [-0.2, 0) is 13.6 Å². The van der Waals surface area contributed by atoms with Crippen LogP contribution in [-0.4, -0.2) is 13.7 Å². The van der Waals surface area contributed by atoms with Gasteiger partial charge in [-0.25, -0.2) is 13.8 Å². The molecule has 5 aromatic rings. The van der Waals surface area contributed by atoms with Crippen LogP contribution in [0.1, 0.15) is 16.7 Å². The molecule has 0 radical (unpaired) electrons. The van der Waals surface area contributed by atoms with Gasteiger partial charge >= 0.3 is 5.69 Å². The minimum atomic E-state index is -0.479. The lowest BCUT2D eigenvalue weighted by Crippen LogP contribution is -2.39. The van der Waals surface area contributed by atoms with Gasteiger partial charge in [-0.15, -0.1) is 0 Å². The molecule has 33 heavy (non-hydrogen) atoms. The van der Waals surface area contributed by atoms with Gasteiger partial charge in [0.15, 0.2) is 0 Å².